The zero-order valence-electron chi connectivity index (χ0n) is 12.4. The van der Waals surface area contributed by atoms with E-state index in [0.29, 0.717) is 5.75 Å². The highest BCUT2D eigenvalue weighted by Gasteiger charge is 2.00. The van der Waals surface area contributed by atoms with Crippen LogP contribution in [0.1, 0.15) is 11.1 Å². The molecule has 112 valence electrons. The molecule has 4 heteroatoms. The highest BCUT2D eigenvalue weighted by Crippen LogP contribution is 2.11. The summed E-state index contributed by atoms with van der Waals surface area (Å²) in [4.78, 5) is 11.6. The number of hydrazone groups is 1. The van der Waals surface area contributed by atoms with Gasteiger partial charge in [-0.25, -0.2) is 5.43 Å². The Morgan fingerprint density at radius 3 is 2.77 bits per heavy atom. The van der Waals surface area contributed by atoms with Crippen molar-refractivity contribution in [1.29, 1.82) is 0 Å². The number of allylic oxidation sites excluding steroid dienone is 1. The summed E-state index contributed by atoms with van der Waals surface area (Å²) >= 11 is 0. The van der Waals surface area contributed by atoms with Crippen molar-refractivity contribution in [1.82, 2.24) is 5.43 Å². The zero-order valence-corrected chi connectivity index (χ0v) is 12.4. The van der Waals surface area contributed by atoms with Crippen molar-refractivity contribution in [3.05, 3.63) is 71.8 Å². The SMILES string of the molecule is Cc1cccc(OCC(=O)N/N=C\C=C\c2ccccc2)c1. The van der Waals surface area contributed by atoms with E-state index >= 15 is 0 Å². The van der Waals surface area contributed by atoms with Gasteiger partial charge in [0.25, 0.3) is 5.91 Å². The molecule has 0 unspecified atom stereocenters. The lowest BCUT2D eigenvalue weighted by atomic mass is 10.2. The molecule has 0 heterocycles. The average Bonchev–Trinajstić information content (AvgIpc) is 2.54. The van der Waals surface area contributed by atoms with Crippen LogP contribution >= 0.6 is 0 Å². The molecule has 1 amide bonds. The standard InChI is InChI=1S/C18H18N2O2/c1-15-7-5-11-17(13-15)22-14-18(21)20-19-12-6-10-16-8-3-2-4-9-16/h2-13H,14H2,1H3,(H,20,21)/b10-6+,19-12-. The van der Waals surface area contributed by atoms with Crippen molar-refractivity contribution in [2.45, 2.75) is 6.92 Å². The number of hydrogen-bond acceptors (Lipinski definition) is 3. The molecule has 0 aliphatic heterocycles. The molecule has 0 spiro atoms. The molecule has 1 N–H and O–H groups in total. The van der Waals surface area contributed by atoms with Crippen molar-refractivity contribution >= 4 is 18.2 Å². The minimum absolute atomic E-state index is 0.0663. The van der Waals surface area contributed by atoms with Gasteiger partial charge in [-0.15, -0.1) is 0 Å². The van der Waals surface area contributed by atoms with E-state index in [0.717, 1.165) is 11.1 Å². The van der Waals surface area contributed by atoms with Crippen LogP contribution < -0.4 is 10.2 Å². The van der Waals surface area contributed by atoms with Gasteiger partial charge in [0.05, 0.1) is 0 Å². The minimum Gasteiger partial charge on any atom is -0.484 e. The van der Waals surface area contributed by atoms with Crippen LogP contribution in [0, 0.1) is 6.92 Å². The molecule has 22 heavy (non-hydrogen) atoms. The van der Waals surface area contributed by atoms with Crippen molar-refractivity contribution in [2.75, 3.05) is 6.61 Å². The van der Waals surface area contributed by atoms with Gasteiger partial charge < -0.3 is 4.74 Å². The van der Waals surface area contributed by atoms with Crippen LogP contribution in [-0.4, -0.2) is 18.7 Å². The van der Waals surface area contributed by atoms with Gasteiger partial charge in [0.2, 0.25) is 0 Å². The van der Waals surface area contributed by atoms with E-state index in [1.54, 1.807) is 6.08 Å². The van der Waals surface area contributed by atoms with E-state index in [9.17, 15) is 4.79 Å². The predicted molar refractivity (Wildman–Crippen MR) is 88.8 cm³/mol. The number of carbonyl (C=O) groups excluding carboxylic acids is 1. The molecule has 2 aromatic rings. The molecule has 0 saturated carbocycles. The van der Waals surface area contributed by atoms with Crippen molar-refractivity contribution < 1.29 is 9.53 Å². The van der Waals surface area contributed by atoms with Crippen LogP contribution in [0.4, 0.5) is 0 Å². The van der Waals surface area contributed by atoms with Crippen LogP contribution in [0.2, 0.25) is 0 Å². The van der Waals surface area contributed by atoms with Crippen molar-refractivity contribution in [3.63, 3.8) is 0 Å². The normalized spacial score (nSPS) is 11.0. The molecule has 0 aliphatic carbocycles. The fourth-order valence-corrected chi connectivity index (χ4v) is 1.76. The number of carbonyl (C=O) groups is 1. The first-order valence-corrected chi connectivity index (χ1v) is 6.97. The highest BCUT2D eigenvalue weighted by molar-refractivity contribution is 5.81. The Kier molecular flexibility index (Phi) is 5.93. The van der Waals surface area contributed by atoms with Crippen LogP contribution in [0.5, 0.6) is 5.75 Å². The summed E-state index contributed by atoms with van der Waals surface area (Å²) in [5, 5.41) is 3.82. The summed E-state index contributed by atoms with van der Waals surface area (Å²) in [5.41, 5.74) is 4.57. The Labute approximate surface area is 130 Å². The van der Waals surface area contributed by atoms with E-state index in [2.05, 4.69) is 10.5 Å². The summed E-state index contributed by atoms with van der Waals surface area (Å²) in [5.74, 6) is 0.369. The van der Waals surface area contributed by atoms with Gasteiger partial charge in [0.15, 0.2) is 6.61 Å². The van der Waals surface area contributed by atoms with E-state index < -0.39 is 0 Å². The first-order valence-electron chi connectivity index (χ1n) is 6.97. The molecule has 0 atom stereocenters. The zero-order chi connectivity index (χ0) is 15.6. The van der Waals surface area contributed by atoms with Crippen molar-refractivity contribution in [3.8, 4) is 5.75 Å². The lowest BCUT2D eigenvalue weighted by Crippen LogP contribution is -2.24. The second-order valence-corrected chi connectivity index (χ2v) is 4.69. The molecular formula is C18H18N2O2. The summed E-state index contributed by atoms with van der Waals surface area (Å²) in [6.07, 6.45) is 5.19. The number of hydrogen-bond donors (Lipinski definition) is 1. The maximum absolute atomic E-state index is 11.6. The van der Waals surface area contributed by atoms with Crippen LogP contribution in [0.25, 0.3) is 6.08 Å². The molecular weight excluding hydrogens is 276 g/mol. The summed E-state index contributed by atoms with van der Waals surface area (Å²) in [7, 11) is 0. The molecule has 0 radical (unpaired) electrons. The largest absolute Gasteiger partial charge is 0.484 e. The second-order valence-electron chi connectivity index (χ2n) is 4.69. The Hall–Kier alpha value is -2.88. The first-order chi connectivity index (χ1) is 10.7. The second kappa shape index (κ2) is 8.42. The number of nitrogens with one attached hydrogen (secondary N) is 1. The van der Waals surface area contributed by atoms with Crippen LogP contribution in [-0.2, 0) is 4.79 Å². The van der Waals surface area contributed by atoms with E-state index in [-0.39, 0.29) is 12.5 Å². The number of aryl methyl sites for hydroxylation is 1. The lowest BCUT2D eigenvalue weighted by Gasteiger charge is -2.05. The van der Waals surface area contributed by atoms with E-state index in [1.807, 2.05) is 67.6 Å². The molecule has 2 aromatic carbocycles. The number of nitrogens with zero attached hydrogens (tertiary/aromatic N) is 1. The fourth-order valence-electron chi connectivity index (χ4n) is 1.76. The monoisotopic (exact) mass is 294 g/mol. The van der Waals surface area contributed by atoms with Gasteiger partial charge >= 0.3 is 0 Å². The third-order valence-corrected chi connectivity index (χ3v) is 2.80. The maximum Gasteiger partial charge on any atom is 0.277 e. The maximum atomic E-state index is 11.6. The third kappa shape index (κ3) is 5.63. The van der Waals surface area contributed by atoms with Gasteiger partial charge in [-0.05, 0) is 36.3 Å². The summed E-state index contributed by atoms with van der Waals surface area (Å²) in [6.45, 7) is 1.90. The summed E-state index contributed by atoms with van der Waals surface area (Å²) in [6, 6.07) is 17.4. The molecule has 4 nitrogen and oxygen atoms in total. The van der Waals surface area contributed by atoms with Gasteiger partial charge in [0.1, 0.15) is 5.75 Å². The number of amides is 1. The van der Waals surface area contributed by atoms with E-state index in [1.165, 1.54) is 6.21 Å². The van der Waals surface area contributed by atoms with Crippen LogP contribution in [0.3, 0.4) is 0 Å². The minimum atomic E-state index is -0.300. The van der Waals surface area contributed by atoms with Gasteiger partial charge in [-0.2, -0.15) is 5.10 Å². The highest BCUT2D eigenvalue weighted by atomic mass is 16.5. The number of ether oxygens (including phenoxy) is 1. The fraction of sp³-hybridized carbons (Fsp3) is 0.111. The molecule has 0 aromatic heterocycles. The Morgan fingerprint density at radius 1 is 1.18 bits per heavy atom. The van der Waals surface area contributed by atoms with Gasteiger partial charge in [-0.1, -0.05) is 48.5 Å². The number of benzene rings is 2. The quantitative estimate of drug-likeness (QED) is 0.657. The lowest BCUT2D eigenvalue weighted by molar-refractivity contribution is -0.123. The molecule has 0 bridgehead atoms. The average molecular weight is 294 g/mol. The van der Waals surface area contributed by atoms with Gasteiger partial charge in [0, 0.05) is 6.21 Å². The molecule has 0 fully saturated rings. The molecule has 0 aliphatic rings. The molecule has 2 rings (SSSR count). The van der Waals surface area contributed by atoms with E-state index in [4.69, 9.17) is 4.74 Å². The molecule has 0 saturated heterocycles. The Balaban J connectivity index is 1.71. The Bertz CT molecular complexity index is 664. The first kappa shape index (κ1) is 15.5. The topological polar surface area (TPSA) is 50.7 Å². The van der Waals surface area contributed by atoms with Crippen molar-refractivity contribution in [2.24, 2.45) is 5.10 Å². The summed E-state index contributed by atoms with van der Waals surface area (Å²) < 4.78 is 5.37. The Morgan fingerprint density at radius 2 is 2.00 bits per heavy atom. The van der Waals surface area contributed by atoms with Gasteiger partial charge in [-0.3, -0.25) is 4.79 Å². The van der Waals surface area contributed by atoms with Crippen LogP contribution in [0.15, 0.2) is 65.8 Å². The number of rotatable bonds is 6. The third-order valence-electron chi connectivity index (χ3n) is 2.80. The smallest absolute Gasteiger partial charge is 0.277 e. The predicted octanol–water partition coefficient (Wildman–Crippen LogP) is 3.19.